The van der Waals surface area contributed by atoms with Gasteiger partial charge < -0.3 is 9.80 Å². The van der Waals surface area contributed by atoms with Crippen LogP contribution in [0.4, 0.5) is 5.82 Å². The summed E-state index contributed by atoms with van der Waals surface area (Å²) in [5.41, 5.74) is 1.42. The van der Waals surface area contributed by atoms with Gasteiger partial charge in [0.15, 0.2) is 0 Å². The molecule has 0 unspecified atom stereocenters. The molecular weight excluding hydrogens is 198 g/mol. The van der Waals surface area contributed by atoms with Crippen LogP contribution in [0.15, 0.2) is 18.3 Å². The van der Waals surface area contributed by atoms with Crippen LogP contribution in [0.5, 0.6) is 0 Å². The molecule has 0 aromatic carbocycles. The van der Waals surface area contributed by atoms with Crippen molar-refractivity contribution in [1.82, 2.24) is 9.88 Å². The monoisotopic (exact) mass is 219 g/mol. The van der Waals surface area contributed by atoms with Crippen LogP contribution >= 0.6 is 0 Å². The second kappa shape index (κ2) is 4.83. The molecule has 2 rings (SSSR count). The fourth-order valence-corrected chi connectivity index (χ4v) is 2.42. The average molecular weight is 219 g/mol. The normalized spacial score (nSPS) is 18.7. The topological polar surface area (TPSA) is 19.4 Å². The van der Waals surface area contributed by atoms with E-state index < -0.39 is 0 Å². The van der Waals surface area contributed by atoms with E-state index in [1.54, 1.807) is 0 Å². The lowest BCUT2D eigenvalue weighted by Gasteiger charge is -2.30. The van der Waals surface area contributed by atoms with Crippen LogP contribution in [-0.4, -0.2) is 44.1 Å². The number of piperidine rings is 1. The second-order valence-electron chi connectivity index (χ2n) is 4.89. The van der Waals surface area contributed by atoms with E-state index >= 15 is 0 Å². The zero-order chi connectivity index (χ0) is 11.5. The lowest BCUT2D eigenvalue weighted by molar-refractivity contribution is 0.255. The average Bonchev–Trinajstić information content (AvgIpc) is 2.30. The van der Waals surface area contributed by atoms with Crippen molar-refractivity contribution in [1.29, 1.82) is 0 Å². The Bertz CT molecular complexity index is 341. The number of rotatable bonds is 2. The van der Waals surface area contributed by atoms with Gasteiger partial charge in [0.25, 0.3) is 0 Å². The van der Waals surface area contributed by atoms with E-state index in [0.717, 1.165) is 5.82 Å². The number of hydrogen-bond acceptors (Lipinski definition) is 3. The maximum Gasteiger partial charge on any atom is 0.131 e. The van der Waals surface area contributed by atoms with Crippen molar-refractivity contribution in [3.63, 3.8) is 0 Å². The van der Waals surface area contributed by atoms with Gasteiger partial charge in [-0.2, -0.15) is 0 Å². The van der Waals surface area contributed by atoms with Gasteiger partial charge in [-0.15, -0.1) is 0 Å². The predicted molar refractivity (Wildman–Crippen MR) is 68.0 cm³/mol. The summed E-state index contributed by atoms with van der Waals surface area (Å²) in [5.74, 6) is 1.82. The van der Waals surface area contributed by atoms with E-state index in [-0.39, 0.29) is 0 Å². The van der Waals surface area contributed by atoms with Crippen molar-refractivity contribution in [2.75, 3.05) is 39.1 Å². The molecule has 0 spiro atoms. The molecule has 1 aromatic heterocycles. The van der Waals surface area contributed by atoms with Gasteiger partial charge in [0.2, 0.25) is 0 Å². The summed E-state index contributed by atoms with van der Waals surface area (Å²) >= 11 is 0. The van der Waals surface area contributed by atoms with Crippen molar-refractivity contribution in [2.45, 2.75) is 18.8 Å². The van der Waals surface area contributed by atoms with Crippen molar-refractivity contribution in [3.05, 3.63) is 23.9 Å². The van der Waals surface area contributed by atoms with E-state index in [4.69, 9.17) is 0 Å². The zero-order valence-corrected chi connectivity index (χ0v) is 10.5. The fraction of sp³-hybridized carbons (Fsp3) is 0.615. The molecule has 0 amide bonds. The Balaban J connectivity index is 2.19. The lowest BCUT2D eigenvalue weighted by atomic mass is 9.90. The third-order valence-corrected chi connectivity index (χ3v) is 3.40. The van der Waals surface area contributed by atoms with Crippen LogP contribution in [0.1, 0.15) is 24.3 Å². The number of likely N-dealkylation sites (tertiary alicyclic amines) is 1. The smallest absolute Gasteiger partial charge is 0.131 e. The van der Waals surface area contributed by atoms with E-state index in [9.17, 15) is 0 Å². The largest absolute Gasteiger partial charge is 0.363 e. The van der Waals surface area contributed by atoms with Crippen molar-refractivity contribution in [2.24, 2.45) is 0 Å². The number of aromatic nitrogens is 1. The van der Waals surface area contributed by atoms with Gasteiger partial charge in [-0.25, -0.2) is 4.98 Å². The first-order valence-corrected chi connectivity index (χ1v) is 5.99. The Morgan fingerprint density at radius 1 is 1.31 bits per heavy atom. The standard InChI is InChI=1S/C13H21N3/c1-15(2)13-12(5-4-8-14-13)11-6-9-16(3)10-7-11/h4-5,8,11H,6-7,9-10H2,1-3H3. The molecule has 88 valence electrons. The van der Waals surface area contributed by atoms with Crippen molar-refractivity contribution >= 4 is 5.82 Å². The van der Waals surface area contributed by atoms with E-state index in [0.29, 0.717) is 5.92 Å². The van der Waals surface area contributed by atoms with Crippen molar-refractivity contribution in [3.8, 4) is 0 Å². The van der Waals surface area contributed by atoms with Gasteiger partial charge in [0, 0.05) is 20.3 Å². The molecule has 3 heteroatoms. The van der Waals surface area contributed by atoms with E-state index in [1.165, 1.54) is 31.5 Å². The highest BCUT2D eigenvalue weighted by Gasteiger charge is 2.21. The van der Waals surface area contributed by atoms with Crippen LogP contribution in [-0.2, 0) is 0 Å². The molecule has 2 heterocycles. The Labute approximate surface area is 98.1 Å². The first-order chi connectivity index (χ1) is 7.68. The molecular formula is C13H21N3. The molecule has 1 aromatic rings. The molecule has 1 fully saturated rings. The molecule has 16 heavy (non-hydrogen) atoms. The highest BCUT2D eigenvalue weighted by molar-refractivity contribution is 5.47. The SMILES string of the molecule is CN1CCC(c2cccnc2N(C)C)CC1. The lowest BCUT2D eigenvalue weighted by Crippen LogP contribution is -2.30. The summed E-state index contributed by atoms with van der Waals surface area (Å²) in [7, 11) is 6.34. The van der Waals surface area contributed by atoms with Gasteiger partial charge in [-0.05, 0) is 50.5 Å². The number of pyridine rings is 1. The van der Waals surface area contributed by atoms with Crippen LogP contribution < -0.4 is 4.90 Å². The summed E-state index contributed by atoms with van der Waals surface area (Å²) < 4.78 is 0. The molecule has 1 aliphatic heterocycles. The first-order valence-electron chi connectivity index (χ1n) is 5.99. The minimum Gasteiger partial charge on any atom is -0.363 e. The maximum atomic E-state index is 4.48. The summed E-state index contributed by atoms with van der Waals surface area (Å²) in [6, 6.07) is 4.29. The van der Waals surface area contributed by atoms with Crippen LogP contribution in [0.3, 0.4) is 0 Å². The maximum absolute atomic E-state index is 4.48. The van der Waals surface area contributed by atoms with Crippen LogP contribution in [0.25, 0.3) is 0 Å². The van der Waals surface area contributed by atoms with Crippen LogP contribution in [0, 0.1) is 0 Å². The molecule has 0 radical (unpaired) electrons. The molecule has 0 saturated carbocycles. The molecule has 0 atom stereocenters. The minimum atomic E-state index is 0.683. The quantitative estimate of drug-likeness (QED) is 0.758. The molecule has 0 aliphatic carbocycles. The van der Waals surface area contributed by atoms with Gasteiger partial charge in [0.05, 0.1) is 0 Å². The summed E-state index contributed by atoms with van der Waals surface area (Å²) in [6.07, 6.45) is 4.39. The van der Waals surface area contributed by atoms with Crippen LogP contribution in [0.2, 0.25) is 0 Å². The van der Waals surface area contributed by atoms with Gasteiger partial charge in [-0.3, -0.25) is 0 Å². The Kier molecular flexibility index (Phi) is 3.44. The molecule has 0 N–H and O–H groups in total. The number of anilines is 1. The molecule has 3 nitrogen and oxygen atoms in total. The minimum absolute atomic E-state index is 0.683. The number of hydrogen-bond donors (Lipinski definition) is 0. The highest BCUT2D eigenvalue weighted by atomic mass is 15.1. The highest BCUT2D eigenvalue weighted by Crippen LogP contribution is 2.32. The van der Waals surface area contributed by atoms with Gasteiger partial charge >= 0.3 is 0 Å². The van der Waals surface area contributed by atoms with Crippen molar-refractivity contribution < 1.29 is 0 Å². The number of nitrogens with zero attached hydrogens (tertiary/aromatic N) is 3. The Hall–Kier alpha value is -1.09. The Morgan fingerprint density at radius 3 is 2.62 bits per heavy atom. The summed E-state index contributed by atoms with van der Waals surface area (Å²) in [5, 5.41) is 0. The fourth-order valence-electron chi connectivity index (χ4n) is 2.42. The summed E-state index contributed by atoms with van der Waals surface area (Å²) in [4.78, 5) is 9.01. The van der Waals surface area contributed by atoms with E-state index in [1.807, 2.05) is 6.20 Å². The van der Waals surface area contributed by atoms with Gasteiger partial charge in [-0.1, -0.05) is 6.07 Å². The molecule has 1 aliphatic rings. The van der Waals surface area contributed by atoms with E-state index in [2.05, 4.69) is 48.1 Å². The zero-order valence-electron chi connectivity index (χ0n) is 10.5. The first kappa shape index (κ1) is 11.4. The molecule has 1 saturated heterocycles. The van der Waals surface area contributed by atoms with Gasteiger partial charge in [0.1, 0.15) is 5.82 Å². The predicted octanol–water partition coefficient (Wildman–Crippen LogP) is 1.96. The Morgan fingerprint density at radius 2 is 2.00 bits per heavy atom. The molecule has 0 bridgehead atoms. The third kappa shape index (κ3) is 2.35. The summed E-state index contributed by atoms with van der Waals surface area (Å²) in [6.45, 7) is 2.40. The second-order valence-corrected chi connectivity index (χ2v) is 4.89. The third-order valence-electron chi connectivity index (χ3n) is 3.40.